The molecule has 0 aromatic heterocycles. The second-order valence-corrected chi connectivity index (χ2v) is 3.60. The Kier molecular flexibility index (Phi) is 3.27. The van der Waals surface area contributed by atoms with Crippen LogP contribution in [0.1, 0.15) is 18.6 Å². The number of hydrogen-bond acceptors (Lipinski definition) is 4. The summed E-state index contributed by atoms with van der Waals surface area (Å²) in [5, 5.41) is 9.78. The lowest BCUT2D eigenvalue weighted by molar-refractivity contribution is 0.241. The normalized spacial score (nSPS) is 17.2. The fourth-order valence-electron chi connectivity index (χ4n) is 1.87. The smallest absolute Gasteiger partial charge is 0.492 e. The third kappa shape index (κ3) is 1.97. The van der Waals surface area contributed by atoms with Crippen molar-refractivity contribution >= 4 is 12.6 Å². The predicted molar refractivity (Wildman–Crippen MR) is 64.4 cm³/mol. The molecule has 1 N–H and O–H groups in total. The van der Waals surface area contributed by atoms with Crippen LogP contribution in [0.4, 0.5) is 0 Å². The summed E-state index contributed by atoms with van der Waals surface area (Å²) in [4.78, 5) is 0. The highest BCUT2D eigenvalue weighted by Gasteiger charge is 2.35. The van der Waals surface area contributed by atoms with Crippen molar-refractivity contribution in [1.29, 1.82) is 0 Å². The number of benzene rings is 1. The van der Waals surface area contributed by atoms with Gasteiger partial charge in [-0.25, -0.2) is 0 Å². The van der Waals surface area contributed by atoms with Crippen LogP contribution >= 0.6 is 0 Å². The van der Waals surface area contributed by atoms with Crippen LogP contribution in [0.25, 0.3) is 0 Å². The lowest BCUT2D eigenvalue weighted by Crippen LogP contribution is -2.28. The van der Waals surface area contributed by atoms with Gasteiger partial charge in [0.15, 0.2) is 11.5 Å². The molecule has 88 valence electrons. The second-order valence-electron chi connectivity index (χ2n) is 3.60. The van der Waals surface area contributed by atoms with Gasteiger partial charge in [0.1, 0.15) is 6.10 Å². The Bertz CT molecular complexity index is 489. The Balaban J connectivity index is 2.53. The first-order valence-corrected chi connectivity index (χ1v) is 5.23. The molecule has 0 bridgehead atoms. The minimum absolute atomic E-state index is 0.412. The zero-order chi connectivity index (χ0) is 12.4. The van der Waals surface area contributed by atoms with E-state index in [1.54, 1.807) is 33.3 Å². The highest BCUT2D eigenvalue weighted by Crippen LogP contribution is 2.33. The molecule has 1 aliphatic heterocycles. The van der Waals surface area contributed by atoms with Crippen molar-refractivity contribution in [3.8, 4) is 23.3 Å². The maximum Gasteiger partial charge on any atom is 0.492 e. The van der Waals surface area contributed by atoms with Crippen LogP contribution < -0.4 is 14.9 Å². The molecule has 2 rings (SSSR count). The molecule has 1 unspecified atom stereocenters. The molecule has 17 heavy (non-hydrogen) atoms. The van der Waals surface area contributed by atoms with Gasteiger partial charge in [-0.1, -0.05) is 5.92 Å². The Morgan fingerprint density at radius 3 is 2.53 bits per heavy atom. The number of ether oxygens (including phenoxy) is 2. The molecule has 1 aromatic rings. The van der Waals surface area contributed by atoms with Crippen molar-refractivity contribution in [2.75, 3.05) is 14.2 Å². The average molecular weight is 232 g/mol. The van der Waals surface area contributed by atoms with Gasteiger partial charge in [0.05, 0.1) is 14.2 Å². The van der Waals surface area contributed by atoms with E-state index in [1.165, 1.54) is 0 Å². The molecule has 4 nitrogen and oxygen atoms in total. The van der Waals surface area contributed by atoms with Crippen LogP contribution in [0.5, 0.6) is 11.5 Å². The lowest BCUT2D eigenvalue weighted by atomic mass is 9.79. The second kappa shape index (κ2) is 4.70. The Morgan fingerprint density at radius 1 is 1.29 bits per heavy atom. The zero-order valence-corrected chi connectivity index (χ0v) is 9.98. The Hall–Kier alpha value is -1.64. The van der Waals surface area contributed by atoms with Gasteiger partial charge in [0.25, 0.3) is 0 Å². The van der Waals surface area contributed by atoms with Gasteiger partial charge >= 0.3 is 7.12 Å². The summed E-state index contributed by atoms with van der Waals surface area (Å²) >= 11 is 0. The van der Waals surface area contributed by atoms with E-state index in [0.717, 1.165) is 5.56 Å². The van der Waals surface area contributed by atoms with Crippen molar-refractivity contribution in [2.24, 2.45) is 0 Å². The molecule has 0 amide bonds. The molecule has 0 radical (unpaired) electrons. The van der Waals surface area contributed by atoms with E-state index >= 15 is 0 Å². The maximum atomic E-state index is 9.78. The largest absolute Gasteiger partial charge is 0.493 e. The third-order valence-corrected chi connectivity index (χ3v) is 2.68. The molecule has 0 aliphatic carbocycles. The van der Waals surface area contributed by atoms with Gasteiger partial charge in [-0.05, 0) is 30.1 Å². The van der Waals surface area contributed by atoms with Gasteiger partial charge in [0.2, 0.25) is 0 Å². The van der Waals surface area contributed by atoms with E-state index in [4.69, 9.17) is 14.1 Å². The van der Waals surface area contributed by atoms with Crippen LogP contribution in [0.3, 0.4) is 0 Å². The molecule has 1 atom stereocenters. The fourth-order valence-corrected chi connectivity index (χ4v) is 1.87. The summed E-state index contributed by atoms with van der Waals surface area (Å²) in [7, 11) is 2.16. The van der Waals surface area contributed by atoms with E-state index in [1.807, 2.05) is 0 Å². The fraction of sp³-hybridized carbons (Fsp3) is 0.333. The maximum absolute atomic E-state index is 9.78. The summed E-state index contributed by atoms with van der Waals surface area (Å²) in [6.07, 6.45) is -0.412. The van der Waals surface area contributed by atoms with E-state index in [-0.39, 0.29) is 0 Å². The van der Waals surface area contributed by atoms with Crippen LogP contribution in [0, 0.1) is 11.8 Å². The van der Waals surface area contributed by atoms with Crippen LogP contribution in [0.2, 0.25) is 0 Å². The monoisotopic (exact) mass is 232 g/mol. The zero-order valence-electron chi connectivity index (χ0n) is 9.98. The summed E-state index contributed by atoms with van der Waals surface area (Å²) in [5.41, 5.74) is 1.50. The number of methoxy groups -OCH3 is 2. The molecule has 0 saturated heterocycles. The first-order chi connectivity index (χ1) is 8.21. The quantitative estimate of drug-likeness (QED) is 0.595. The predicted octanol–water partition coefficient (Wildman–Crippen LogP) is 0.486. The molecule has 0 fully saturated rings. The highest BCUT2D eigenvalue weighted by molar-refractivity contribution is 6.62. The van der Waals surface area contributed by atoms with Gasteiger partial charge in [-0.2, -0.15) is 0 Å². The standard InChI is InChI=1S/C12H13BO4/c1-4-5-10-8-6-11(15-2)12(16-3)7-9(8)13(14)17-10/h6-7,10,14H,1-3H3. The number of hydrogen-bond donors (Lipinski definition) is 1. The third-order valence-electron chi connectivity index (χ3n) is 2.68. The SMILES string of the molecule is CC#CC1OB(O)c2cc(OC)c(OC)cc21. The van der Waals surface area contributed by atoms with E-state index in [2.05, 4.69) is 11.8 Å². The molecular weight excluding hydrogens is 219 g/mol. The van der Waals surface area contributed by atoms with Crippen LogP contribution in [-0.4, -0.2) is 26.4 Å². The molecule has 1 aliphatic rings. The minimum atomic E-state index is -0.962. The average Bonchev–Trinajstić information content (AvgIpc) is 2.65. The highest BCUT2D eigenvalue weighted by atomic mass is 16.5. The molecule has 1 heterocycles. The first-order valence-electron chi connectivity index (χ1n) is 5.23. The van der Waals surface area contributed by atoms with Crippen molar-refractivity contribution in [3.05, 3.63) is 17.7 Å². The lowest BCUT2D eigenvalue weighted by Gasteiger charge is -2.10. The number of rotatable bonds is 2. The van der Waals surface area contributed by atoms with Crippen molar-refractivity contribution < 1.29 is 19.2 Å². The van der Waals surface area contributed by atoms with E-state index in [9.17, 15) is 5.02 Å². The van der Waals surface area contributed by atoms with Gasteiger partial charge < -0.3 is 19.2 Å². The summed E-state index contributed by atoms with van der Waals surface area (Å²) in [6, 6.07) is 3.51. The van der Waals surface area contributed by atoms with Crippen LogP contribution in [-0.2, 0) is 4.65 Å². The first kappa shape index (κ1) is 11.8. The topological polar surface area (TPSA) is 47.9 Å². The summed E-state index contributed by atoms with van der Waals surface area (Å²) in [6.45, 7) is 1.73. The molecule has 5 heteroatoms. The van der Waals surface area contributed by atoms with Gasteiger partial charge in [-0.3, -0.25) is 0 Å². The van der Waals surface area contributed by atoms with E-state index < -0.39 is 13.2 Å². The summed E-state index contributed by atoms with van der Waals surface area (Å²) < 4.78 is 15.7. The van der Waals surface area contributed by atoms with Crippen molar-refractivity contribution in [1.82, 2.24) is 0 Å². The van der Waals surface area contributed by atoms with Crippen molar-refractivity contribution in [3.63, 3.8) is 0 Å². The van der Waals surface area contributed by atoms with E-state index in [0.29, 0.717) is 17.0 Å². The van der Waals surface area contributed by atoms with Gasteiger partial charge in [0, 0.05) is 0 Å². The number of fused-ring (bicyclic) bond motifs is 1. The van der Waals surface area contributed by atoms with Gasteiger partial charge in [-0.15, -0.1) is 5.92 Å². The summed E-state index contributed by atoms with van der Waals surface area (Å²) in [5.74, 6) is 6.84. The molecule has 0 spiro atoms. The van der Waals surface area contributed by atoms with Crippen LogP contribution in [0.15, 0.2) is 12.1 Å². The molecule has 0 saturated carbocycles. The minimum Gasteiger partial charge on any atom is -0.493 e. The Labute approximate surface area is 101 Å². The molecule has 1 aromatic carbocycles. The molecular formula is C12H13BO4. The Morgan fingerprint density at radius 2 is 1.94 bits per heavy atom. The van der Waals surface area contributed by atoms with Crippen molar-refractivity contribution in [2.45, 2.75) is 13.0 Å².